The van der Waals surface area contributed by atoms with Crippen molar-refractivity contribution in [3.05, 3.63) is 53.9 Å². The molecule has 1 aromatic carbocycles. The predicted molar refractivity (Wildman–Crippen MR) is 91.2 cm³/mol. The second-order valence-electron chi connectivity index (χ2n) is 5.17. The number of anilines is 2. The molecule has 0 aliphatic carbocycles. The number of aromatic nitrogens is 1. The first-order valence-corrected chi connectivity index (χ1v) is 7.68. The summed E-state index contributed by atoms with van der Waals surface area (Å²) in [5, 5.41) is 3.19. The molecule has 0 saturated heterocycles. The lowest BCUT2D eigenvalue weighted by atomic mass is 10.1. The van der Waals surface area contributed by atoms with Crippen LogP contribution in [0.5, 0.6) is 0 Å². The van der Waals surface area contributed by atoms with E-state index in [1.165, 1.54) is 6.92 Å². The molecule has 23 heavy (non-hydrogen) atoms. The number of rotatable bonds is 6. The summed E-state index contributed by atoms with van der Waals surface area (Å²) in [6.07, 6.45) is 1.63. The molecule has 0 atom stereocenters. The molecule has 1 aromatic heterocycles. The first-order valence-electron chi connectivity index (χ1n) is 7.68. The number of benzene rings is 1. The monoisotopic (exact) mass is 311 g/mol. The molecule has 1 N–H and O–H groups in total. The molecular weight excluding hydrogens is 290 g/mol. The highest BCUT2D eigenvalue weighted by atomic mass is 16.2. The van der Waals surface area contributed by atoms with E-state index in [0.29, 0.717) is 24.3 Å². The highest BCUT2D eigenvalue weighted by Crippen LogP contribution is 2.17. The summed E-state index contributed by atoms with van der Waals surface area (Å²) in [4.78, 5) is 29.4. The molecule has 2 aromatic rings. The van der Waals surface area contributed by atoms with Crippen LogP contribution in [0, 0.1) is 0 Å². The van der Waals surface area contributed by atoms with Crippen molar-refractivity contribution in [2.45, 2.75) is 20.8 Å². The summed E-state index contributed by atoms with van der Waals surface area (Å²) in [6.45, 7) is 6.76. The standard InChI is InChI=1S/C18H21N3O2/c1-4-21(5-2)18(23)17-11-10-16(12-19-17)20-15-8-6-14(7-9-15)13(3)22/h6-12,20H,4-5H2,1-3H3. The fraction of sp³-hybridized carbons (Fsp3) is 0.278. The molecule has 0 unspecified atom stereocenters. The molecule has 120 valence electrons. The zero-order chi connectivity index (χ0) is 16.8. The number of amides is 1. The highest BCUT2D eigenvalue weighted by Gasteiger charge is 2.13. The molecule has 5 nitrogen and oxygen atoms in total. The van der Waals surface area contributed by atoms with Crippen LogP contribution in [0.1, 0.15) is 41.6 Å². The maximum Gasteiger partial charge on any atom is 0.272 e. The van der Waals surface area contributed by atoms with Crippen molar-refractivity contribution in [2.75, 3.05) is 18.4 Å². The largest absolute Gasteiger partial charge is 0.354 e. The summed E-state index contributed by atoms with van der Waals surface area (Å²) in [6, 6.07) is 10.8. The Balaban J connectivity index is 2.07. The van der Waals surface area contributed by atoms with E-state index in [2.05, 4.69) is 10.3 Å². The van der Waals surface area contributed by atoms with Crippen LogP contribution >= 0.6 is 0 Å². The minimum Gasteiger partial charge on any atom is -0.354 e. The number of hydrogen-bond acceptors (Lipinski definition) is 4. The van der Waals surface area contributed by atoms with Crippen LogP contribution in [0.2, 0.25) is 0 Å². The van der Waals surface area contributed by atoms with Crippen LogP contribution in [-0.4, -0.2) is 34.7 Å². The van der Waals surface area contributed by atoms with E-state index < -0.39 is 0 Å². The van der Waals surface area contributed by atoms with Gasteiger partial charge in [0.2, 0.25) is 0 Å². The minimum absolute atomic E-state index is 0.0393. The number of carbonyl (C=O) groups excluding carboxylic acids is 2. The fourth-order valence-corrected chi connectivity index (χ4v) is 2.22. The average molecular weight is 311 g/mol. The van der Waals surface area contributed by atoms with Gasteiger partial charge in [0.1, 0.15) is 5.69 Å². The van der Waals surface area contributed by atoms with Crippen molar-refractivity contribution < 1.29 is 9.59 Å². The van der Waals surface area contributed by atoms with Gasteiger partial charge in [-0.2, -0.15) is 0 Å². The van der Waals surface area contributed by atoms with Gasteiger partial charge >= 0.3 is 0 Å². The van der Waals surface area contributed by atoms with Gasteiger partial charge in [-0.05, 0) is 57.2 Å². The number of hydrogen-bond donors (Lipinski definition) is 1. The van der Waals surface area contributed by atoms with Crippen LogP contribution < -0.4 is 5.32 Å². The predicted octanol–water partition coefficient (Wildman–Crippen LogP) is 3.51. The lowest BCUT2D eigenvalue weighted by molar-refractivity contribution is 0.0767. The number of carbonyl (C=O) groups is 2. The van der Waals surface area contributed by atoms with Gasteiger partial charge in [-0.15, -0.1) is 0 Å². The zero-order valence-electron chi connectivity index (χ0n) is 13.7. The number of pyridine rings is 1. The summed E-state index contributed by atoms with van der Waals surface area (Å²) >= 11 is 0. The van der Waals surface area contributed by atoms with E-state index in [4.69, 9.17) is 0 Å². The normalized spacial score (nSPS) is 10.2. The van der Waals surface area contributed by atoms with Gasteiger partial charge in [-0.3, -0.25) is 9.59 Å². The summed E-state index contributed by atoms with van der Waals surface area (Å²) in [5.74, 6) is -0.0233. The Bertz CT molecular complexity index is 674. The second-order valence-corrected chi connectivity index (χ2v) is 5.17. The Morgan fingerprint density at radius 2 is 1.61 bits per heavy atom. The van der Waals surface area contributed by atoms with Crippen molar-refractivity contribution >= 4 is 23.1 Å². The maximum atomic E-state index is 12.2. The molecular formula is C18H21N3O2. The lowest BCUT2D eigenvalue weighted by Gasteiger charge is -2.18. The zero-order valence-corrected chi connectivity index (χ0v) is 13.7. The highest BCUT2D eigenvalue weighted by molar-refractivity contribution is 5.94. The van der Waals surface area contributed by atoms with Gasteiger partial charge in [0.15, 0.2) is 5.78 Å². The van der Waals surface area contributed by atoms with Crippen LogP contribution in [0.25, 0.3) is 0 Å². The van der Waals surface area contributed by atoms with Gasteiger partial charge in [-0.1, -0.05) is 0 Å². The topological polar surface area (TPSA) is 62.3 Å². The van der Waals surface area contributed by atoms with Crippen LogP contribution in [0.3, 0.4) is 0 Å². The Labute approximate surface area is 136 Å². The first-order chi connectivity index (χ1) is 11.0. The van der Waals surface area contributed by atoms with E-state index in [0.717, 1.165) is 11.4 Å². The van der Waals surface area contributed by atoms with E-state index in [9.17, 15) is 9.59 Å². The first kappa shape index (κ1) is 16.7. The number of nitrogens with zero attached hydrogens (tertiary/aromatic N) is 2. The van der Waals surface area contributed by atoms with Gasteiger partial charge in [0.25, 0.3) is 5.91 Å². The molecule has 0 aliphatic heterocycles. The average Bonchev–Trinajstić information content (AvgIpc) is 2.57. The van der Waals surface area contributed by atoms with Crippen LogP contribution in [0.15, 0.2) is 42.6 Å². The SMILES string of the molecule is CCN(CC)C(=O)c1ccc(Nc2ccc(C(C)=O)cc2)cn1. The van der Waals surface area contributed by atoms with E-state index in [1.54, 1.807) is 29.3 Å². The Kier molecular flexibility index (Phi) is 5.46. The van der Waals surface area contributed by atoms with Crippen molar-refractivity contribution in [1.82, 2.24) is 9.88 Å². The van der Waals surface area contributed by atoms with Crippen molar-refractivity contribution in [2.24, 2.45) is 0 Å². The minimum atomic E-state index is -0.0626. The van der Waals surface area contributed by atoms with E-state index in [1.807, 2.05) is 32.0 Å². The number of ketones is 1. The molecule has 0 fully saturated rings. The Morgan fingerprint density at radius 3 is 2.09 bits per heavy atom. The molecule has 1 heterocycles. The molecule has 1 amide bonds. The molecule has 0 radical (unpaired) electrons. The Morgan fingerprint density at radius 1 is 1.00 bits per heavy atom. The molecule has 0 aliphatic rings. The summed E-state index contributed by atoms with van der Waals surface area (Å²) in [7, 11) is 0. The van der Waals surface area contributed by atoms with Gasteiger partial charge in [0.05, 0.1) is 11.9 Å². The number of Topliss-reactive ketones (excluding diaryl/α,β-unsaturated/α-hetero) is 1. The molecule has 0 saturated carbocycles. The van der Waals surface area contributed by atoms with E-state index in [-0.39, 0.29) is 11.7 Å². The summed E-state index contributed by atoms with van der Waals surface area (Å²) < 4.78 is 0. The summed E-state index contributed by atoms with van der Waals surface area (Å²) in [5.41, 5.74) is 2.76. The third kappa shape index (κ3) is 4.16. The van der Waals surface area contributed by atoms with Gasteiger partial charge in [-0.25, -0.2) is 4.98 Å². The van der Waals surface area contributed by atoms with Crippen molar-refractivity contribution in [3.8, 4) is 0 Å². The molecule has 0 bridgehead atoms. The van der Waals surface area contributed by atoms with E-state index >= 15 is 0 Å². The van der Waals surface area contributed by atoms with Crippen LogP contribution in [-0.2, 0) is 0 Å². The number of nitrogens with one attached hydrogen (secondary N) is 1. The quantitative estimate of drug-likeness (QED) is 0.829. The fourth-order valence-electron chi connectivity index (χ4n) is 2.22. The molecule has 5 heteroatoms. The maximum absolute atomic E-state index is 12.2. The Hall–Kier alpha value is -2.69. The smallest absolute Gasteiger partial charge is 0.272 e. The van der Waals surface area contributed by atoms with Gasteiger partial charge in [0, 0.05) is 24.3 Å². The third-order valence-corrected chi connectivity index (χ3v) is 3.61. The van der Waals surface area contributed by atoms with Gasteiger partial charge < -0.3 is 10.2 Å². The van der Waals surface area contributed by atoms with Crippen molar-refractivity contribution in [3.63, 3.8) is 0 Å². The lowest BCUT2D eigenvalue weighted by Crippen LogP contribution is -2.31. The second kappa shape index (κ2) is 7.54. The molecule has 0 spiro atoms. The molecule has 2 rings (SSSR count). The van der Waals surface area contributed by atoms with Crippen molar-refractivity contribution in [1.29, 1.82) is 0 Å². The van der Waals surface area contributed by atoms with Crippen LogP contribution in [0.4, 0.5) is 11.4 Å². The third-order valence-electron chi connectivity index (χ3n) is 3.61.